The summed E-state index contributed by atoms with van der Waals surface area (Å²) in [6.07, 6.45) is 4.74. The molecule has 6 nitrogen and oxygen atoms in total. The second-order valence-corrected chi connectivity index (χ2v) is 7.74. The molecule has 2 aromatic rings. The number of allylic oxidation sites excluding steroid dienone is 1. The first-order valence-corrected chi connectivity index (χ1v) is 10.4. The molecule has 1 aliphatic heterocycles. The fraction of sp³-hybridized carbons (Fsp3) is 0.231. The molecule has 0 saturated carbocycles. The van der Waals surface area contributed by atoms with E-state index in [0.717, 1.165) is 11.1 Å². The Hall–Kier alpha value is -3.64. The highest BCUT2D eigenvalue weighted by atomic mass is 16.5. The molecule has 0 aliphatic carbocycles. The average molecular weight is 433 g/mol. The fourth-order valence-corrected chi connectivity index (χ4v) is 3.52. The van der Waals surface area contributed by atoms with Crippen molar-refractivity contribution >= 4 is 17.8 Å². The lowest BCUT2D eigenvalue weighted by Crippen LogP contribution is -2.36. The molecule has 1 unspecified atom stereocenters. The lowest BCUT2D eigenvalue weighted by molar-refractivity contribution is -0.129. The number of hydrogen-bond acceptors (Lipinski definition) is 5. The fourth-order valence-electron chi connectivity index (χ4n) is 3.52. The molecule has 0 spiro atoms. The van der Waals surface area contributed by atoms with Crippen LogP contribution in [0, 0.1) is 0 Å². The number of nitrogens with zero attached hydrogens (tertiary/aromatic N) is 2. The summed E-state index contributed by atoms with van der Waals surface area (Å²) >= 11 is 0. The first-order valence-electron chi connectivity index (χ1n) is 10.4. The minimum Gasteiger partial charge on any atom is -0.503 e. The SMILES string of the molecule is C=CCOc1ccc(C2C(C(=O)/C=C/c3ccccc3)=C(O)C(=O)N2CCN(C)C)cc1. The Bertz CT molecular complexity index is 1020. The average Bonchev–Trinajstić information content (AvgIpc) is 3.05. The Labute approximate surface area is 188 Å². The van der Waals surface area contributed by atoms with E-state index in [4.69, 9.17) is 4.74 Å². The molecule has 1 N–H and O–H groups in total. The minimum atomic E-state index is -0.677. The van der Waals surface area contributed by atoms with Crippen molar-refractivity contribution in [2.75, 3.05) is 33.8 Å². The first-order chi connectivity index (χ1) is 15.4. The predicted octanol–water partition coefficient (Wildman–Crippen LogP) is 3.79. The van der Waals surface area contributed by atoms with Gasteiger partial charge in [-0.3, -0.25) is 9.59 Å². The molecule has 0 fully saturated rings. The third kappa shape index (κ3) is 5.34. The number of ether oxygens (including phenoxy) is 1. The van der Waals surface area contributed by atoms with Crippen LogP contribution in [0.25, 0.3) is 6.08 Å². The Morgan fingerprint density at radius 1 is 1.16 bits per heavy atom. The van der Waals surface area contributed by atoms with Crippen molar-refractivity contribution in [1.82, 2.24) is 9.80 Å². The largest absolute Gasteiger partial charge is 0.503 e. The monoisotopic (exact) mass is 432 g/mol. The van der Waals surface area contributed by atoms with Crippen LogP contribution >= 0.6 is 0 Å². The van der Waals surface area contributed by atoms with Crippen LogP contribution < -0.4 is 4.74 Å². The van der Waals surface area contributed by atoms with Gasteiger partial charge in [0.2, 0.25) is 0 Å². The normalized spacial score (nSPS) is 16.3. The summed E-state index contributed by atoms with van der Waals surface area (Å²) in [7, 11) is 3.81. The summed E-state index contributed by atoms with van der Waals surface area (Å²) in [5.41, 5.74) is 1.67. The van der Waals surface area contributed by atoms with E-state index in [2.05, 4.69) is 6.58 Å². The van der Waals surface area contributed by atoms with Gasteiger partial charge in [0, 0.05) is 13.1 Å². The summed E-state index contributed by atoms with van der Waals surface area (Å²) in [6, 6.07) is 15.9. The zero-order chi connectivity index (χ0) is 23.1. The van der Waals surface area contributed by atoms with Crippen LogP contribution in [-0.2, 0) is 9.59 Å². The zero-order valence-electron chi connectivity index (χ0n) is 18.4. The Balaban J connectivity index is 1.94. The van der Waals surface area contributed by atoms with Gasteiger partial charge in [0.1, 0.15) is 12.4 Å². The molecule has 166 valence electrons. The van der Waals surface area contributed by atoms with E-state index in [9.17, 15) is 14.7 Å². The van der Waals surface area contributed by atoms with Crippen LogP contribution in [0.2, 0.25) is 0 Å². The van der Waals surface area contributed by atoms with Crippen LogP contribution in [0.1, 0.15) is 17.2 Å². The quantitative estimate of drug-likeness (QED) is 0.457. The molecular formula is C26H28N2O4. The second kappa shape index (κ2) is 10.6. The first kappa shape index (κ1) is 23.0. The molecule has 2 aromatic carbocycles. The van der Waals surface area contributed by atoms with Gasteiger partial charge in [-0.05, 0) is 43.4 Å². The molecule has 0 radical (unpaired) electrons. The topological polar surface area (TPSA) is 70.1 Å². The van der Waals surface area contributed by atoms with Gasteiger partial charge in [0.15, 0.2) is 11.5 Å². The van der Waals surface area contributed by atoms with Crippen molar-refractivity contribution in [2.24, 2.45) is 0 Å². The van der Waals surface area contributed by atoms with Gasteiger partial charge >= 0.3 is 0 Å². The number of ketones is 1. The highest BCUT2D eigenvalue weighted by molar-refractivity contribution is 6.14. The van der Waals surface area contributed by atoms with Crippen molar-refractivity contribution in [2.45, 2.75) is 6.04 Å². The standard InChI is InChI=1S/C26H28N2O4/c1-4-18-32-21-13-11-20(12-14-21)24-23(22(29)15-10-19-8-6-5-7-9-19)25(30)26(31)28(24)17-16-27(2)3/h4-15,24,30H,1,16-18H2,2-3H3/b15-10+. The molecule has 1 heterocycles. The maximum absolute atomic E-state index is 13.1. The molecule has 0 aromatic heterocycles. The molecular weight excluding hydrogens is 404 g/mol. The van der Waals surface area contributed by atoms with Gasteiger partial charge in [0.25, 0.3) is 5.91 Å². The number of rotatable bonds is 10. The maximum Gasteiger partial charge on any atom is 0.290 e. The third-order valence-corrected chi connectivity index (χ3v) is 5.15. The third-order valence-electron chi connectivity index (χ3n) is 5.15. The summed E-state index contributed by atoms with van der Waals surface area (Å²) < 4.78 is 5.54. The lowest BCUT2D eigenvalue weighted by atomic mass is 9.95. The molecule has 1 amide bonds. The minimum absolute atomic E-state index is 0.0840. The number of amides is 1. The molecule has 0 saturated heterocycles. The van der Waals surface area contributed by atoms with E-state index < -0.39 is 23.5 Å². The van der Waals surface area contributed by atoms with E-state index in [-0.39, 0.29) is 5.57 Å². The highest BCUT2D eigenvalue weighted by Gasteiger charge is 2.42. The Morgan fingerprint density at radius 3 is 2.47 bits per heavy atom. The number of aliphatic hydroxyl groups is 1. The number of hydrogen-bond donors (Lipinski definition) is 1. The predicted molar refractivity (Wildman–Crippen MR) is 125 cm³/mol. The number of aliphatic hydroxyl groups excluding tert-OH is 1. The molecule has 1 atom stereocenters. The number of benzene rings is 2. The van der Waals surface area contributed by atoms with Crippen molar-refractivity contribution in [1.29, 1.82) is 0 Å². The molecule has 3 rings (SSSR count). The van der Waals surface area contributed by atoms with Crippen molar-refractivity contribution in [3.63, 3.8) is 0 Å². The highest BCUT2D eigenvalue weighted by Crippen LogP contribution is 2.38. The summed E-state index contributed by atoms with van der Waals surface area (Å²) in [5.74, 6) is -0.782. The van der Waals surface area contributed by atoms with E-state index in [1.54, 1.807) is 29.2 Å². The van der Waals surface area contributed by atoms with E-state index >= 15 is 0 Å². The van der Waals surface area contributed by atoms with Gasteiger partial charge in [-0.1, -0.05) is 61.2 Å². The van der Waals surface area contributed by atoms with Gasteiger partial charge in [-0.2, -0.15) is 0 Å². The number of carbonyl (C=O) groups excluding carboxylic acids is 2. The van der Waals surface area contributed by atoms with Crippen molar-refractivity contribution < 1.29 is 19.4 Å². The van der Waals surface area contributed by atoms with E-state index in [1.165, 1.54) is 6.08 Å². The van der Waals surface area contributed by atoms with Crippen LogP contribution in [0.5, 0.6) is 5.75 Å². The van der Waals surface area contributed by atoms with Crippen LogP contribution in [-0.4, -0.2) is 60.4 Å². The van der Waals surface area contributed by atoms with Crippen LogP contribution in [0.3, 0.4) is 0 Å². The summed E-state index contributed by atoms with van der Waals surface area (Å²) in [6.45, 7) is 4.98. The lowest BCUT2D eigenvalue weighted by Gasteiger charge is -2.28. The van der Waals surface area contributed by atoms with Crippen LogP contribution in [0.4, 0.5) is 0 Å². The number of carbonyl (C=O) groups is 2. The van der Waals surface area contributed by atoms with Gasteiger partial charge in [-0.15, -0.1) is 0 Å². The van der Waals surface area contributed by atoms with Crippen molar-refractivity contribution in [3.8, 4) is 5.75 Å². The summed E-state index contributed by atoms with van der Waals surface area (Å²) in [5, 5.41) is 10.6. The molecule has 32 heavy (non-hydrogen) atoms. The Morgan fingerprint density at radius 2 is 1.84 bits per heavy atom. The van der Waals surface area contributed by atoms with Gasteiger partial charge in [-0.25, -0.2) is 0 Å². The summed E-state index contributed by atoms with van der Waals surface area (Å²) in [4.78, 5) is 29.5. The second-order valence-electron chi connectivity index (χ2n) is 7.74. The van der Waals surface area contributed by atoms with Gasteiger partial charge in [0.05, 0.1) is 11.6 Å². The molecule has 6 heteroatoms. The van der Waals surface area contributed by atoms with Crippen molar-refractivity contribution in [3.05, 3.63) is 95.8 Å². The molecule has 0 bridgehead atoms. The van der Waals surface area contributed by atoms with E-state index in [0.29, 0.717) is 25.4 Å². The maximum atomic E-state index is 13.1. The van der Waals surface area contributed by atoms with Gasteiger partial charge < -0.3 is 19.6 Å². The Kier molecular flexibility index (Phi) is 7.63. The smallest absolute Gasteiger partial charge is 0.290 e. The zero-order valence-corrected chi connectivity index (χ0v) is 18.4. The number of likely N-dealkylation sites (N-methyl/N-ethyl adjacent to an activating group) is 1. The molecule has 1 aliphatic rings. The van der Waals surface area contributed by atoms with E-state index in [1.807, 2.05) is 61.5 Å². The van der Waals surface area contributed by atoms with Crippen LogP contribution in [0.15, 0.2) is 84.7 Å².